The highest BCUT2D eigenvalue weighted by atomic mass is 32.2. The van der Waals surface area contributed by atoms with Crippen LogP contribution in [0.1, 0.15) is 0 Å². The van der Waals surface area contributed by atoms with Gasteiger partial charge in [0.15, 0.2) is 0 Å². The van der Waals surface area contributed by atoms with Crippen molar-refractivity contribution in [2.45, 2.75) is 11.4 Å². The number of carbonyl (C=O) groups excluding carboxylic acids is 3. The number of fused-ring (bicyclic) bond motifs is 1. The summed E-state index contributed by atoms with van der Waals surface area (Å²) in [5.74, 6) is -1.13. The summed E-state index contributed by atoms with van der Waals surface area (Å²) in [6.45, 7) is 3.34. The third-order valence-electron chi connectivity index (χ3n) is 4.86. The Balaban J connectivity index is 1.81. The minimum absolute atomic E-state index is 0.00221. The van der Waals surface area contributed by atoms with Crippen molar-refractivity contribution in [1.29, 1.82) is 0 Å². The third kappa shape index (κ3) is 2.73. The van der Waals surface area contributed by atoms with Crippen molar-refractivity contribution < 1.29 is 24.0 Å². The van der Waals surface area contributed by atoms with E-state index >= 15 is 0 Å². The second kappa shape index (κ2) is 5.81. The van der Waals surface area contributed by atoms with Gasteiger partial charge >= 0.3 is 0 Å². The number of rotatable bonds is 4. The molecule has 8 nitrogen and oxygen atoms in total. The molecule has 0 bridgehead atoms. The number of nitrogens with zero attached hydrogens (tertiary/aromatic N) is 3. The number of carboxylic acid groups (broad SMARTS) is 1. The zero-order valence-electron chi connectivity index (χ0n) is 12.9. The molecule has 0 aromatic heterocycles. The predicted octanol–water partition coefficient (Wildman–Crippen LogP) is -2.85. The summed E-state index contributed by atoms with van der Waals surface area (Å²) in [4.78, 5) is 37.3. The third-order valence-corrected chi connectivity index (χ3v) is 6.22. The summed E-state index contributed by atoms with van der Waals surface area (Å²) in [7, 11) is 2.04. The van der Waals surface area contributed by atoms with Gasteiger partial charge < -0.3 is 25.0 Å². The molecular weight excluding hydrogens is 320 g/mol. The van der Waals surface area contributed by atoms with Crippen molar-refractivity contribution in [3.05, 3.63) is 11.3 Å². The highest BCUT2D eigenvalue weighted by Crippen LogP contribution is 2.39. The summed E-state index contributed by atoms with van der Waals surface area (Å²) >= 11 is 1.50. The molecule has 2 fully saturated rings. The van der Waals surface area contributed by atoms with Crippen LogP contribution in [0.2, 0.25) is 0 Å². The van der Waals surface area contributed by atoms with E-state index in [9.17, 15) is 19.5 Å². The Hall–Kier alpha value is -1.58. The second-order valence-corrected chi connectivity index (χ2v) is 7.65. The summed E-state index contributed by atoms with van der Waals surface area (Å²) in [5.41, 5.74) is 6.45. The monoisotopic (exact) mass is 340 g/mol. The lowest BCUT2D eigenvalue weighted by Gasteiger charge is -2.50. The van der Waals surface area contributed by atoms with Gasteiger partial charge in [-0.05, 0) is 0 Å². The van der Waals surface area contributed by atoms with Crippen LogP contribution in [0.15, 0.2) is 11.3 Å². The molecule has 0 saturated carbocycles. The molecule has 3 rings (SSSR count). The zero-order chi connectivity index (χ0) is 16.8. The number of thioether (sulfide) groups is 1. The zero-order valence-corrected chi connectivity index (χ0v) is 13.8. The number of likely N-dealkylation sites (N-methyl/N-ethyl adjacent to an activating group) is 1. The normalized spacial score (nSPS) is 29.9. The number of β-lactam (4-membered cyclic amide) rings is 1. The van der Waals surface area contributed by atoms with Gasteiger partial charge in [-0.1, -0.05) is 0 Å². The maximum Gasteiger partial charge on any atom is 0.248 e. The highest BCUT2D eigenvalue weighted by Gasteiger charge is 2.50. The number of aliphatic carboxylic acids is 1. The van der Waals surface area contributed by atoms with E-state index < -0.39 is 12.0 Å². The first kappa shape index (κ1) is 16.3. The molecule has 126 valence electrons. The predicted molar refractivity (Wildman–Crippen MR) is 81.5 cm³/mol. The molecule has 2 saturated heterocycles. The van der Waals surface area contributed by atoms with E-state index in [1.54, 1.807) is 4.90 Å². The lowest BCUT2D eigenvalue weighted by molar-refractivity contribution is -0.908. The van der Waals surface area contributed by atoms with Crippen LogP contribution in [0, 0.1) is 0 Å². The lowest BCUT2D eigenvalue weighted by atomic mass is 10.0. The van der Waals surface area contributed by atoms with Crippen molar-refractivity contribution in [3.63, 3.8) is 0 Å². The Morgan fingerprint density at radius 2 is 2.13 bits per heavy atom. The minimum atomic E-state index is -1.32. The smallest absolute Gasteiger partial charge is 0.248 e. The van der Waals surface area contributed by atoms with E-state index in [2.05, 4.69) is 0 Å². The van der Waals surface area contributed by atoms with Gasteiger partial charge in [0.05, 0.1) is 44.9 Å². The van der Waals surface area contributed by atoms with Gasteiger partial charge in [0.25, 0.3) is 0 Å². The van der Waals surface area contributed by atoms with Crippen LogP contribution in [0.4, 0.5) is 0 Å². The maximum absolute atomic E-state index is 11.9. The Morgan fingerprint density at radius 1 is 1.48 bits per heavy atom. The molecule has 0 radical (unpaired) electrons. The van der Waals surface area contributed by atoms with Gasteiger partial charge in [-0.2, -0.15) is 0 Å². The van der Waals surface area contributed by atoms with Crippen LogP contribution in [-0.2, 0) is 14.4 Å². The van der Waals surface area contributed by atoms with Crippen molar-refractivity contribution in [1.82, 2.24) is 9.80 Å². The molecule has 0 aromatic carbocycles. The average molecular weight is 340 g/mol. The van der Waals surface area contributed by atoms with Crippen molar-refractivity contribution in [2.75, 3.05) is 45.5 Å². The first-order valence-electron chi connectivity index (χ1n) is 7.53. The van der Waals surface area contributed by atoms with E-state index in [1.807, 2.05) is 7.05 Å². The summed E-state index contributed by atoms with van der Waals surface area (Å²) in [6, 6.07) is -0.628. The number of carboxylic acids is 1. The lowest BCUT2D eigenvalue weighted by Crippen LogP contribution is -2.69. The van der Waals surface area contributed by atoms with Crippen LogP contribution in [0.5, 0.6) is 0 Å². The molecule has 0 spiro atoms. The molecule has 3 aliphatic heterocycles. The van der Waals surface area contributed by atoms with Crippen molar-refractivity contribution in [2.24, 2.45) is 5.73 Å². The van der Waals surface area contributed by atoms with Crippen LogP contribution < -0.4 is 10.8 Å². The second-order valence-electron chi connectivity index (χ2n) is 6.54. The van der Waals surface area contributed by atoms with Gasteiger partial charge in [-0.25, -0.2) is 0 Å². The van der Waals surface area contributed by atoms with E-state index in [0.29, 0.717) is 35.4 Å². The molecule has 2 unspecified atom stereocenters. The highest BCUT2D eigenvalue weighted by molar-refractivity contribution is 8.00. The number of quaternary nitrogens is 1. The van der Waals surface area contributed by atoms with Gasteiger partial charge in [-0.15, -0.1) is 11.8 Å². The van der Waals surface area contributed by atoms with Crippen LogP contribution >= 0.6 is 11.8 Å². The number of hydrogen-bond donors (Lipinski definition) is 1. The van der Waals surface area contributed by atoms with Gasteiger partial charge in [-0.3, -0.25) is 14.5 Å². The quantitative estimate of drug-likeness (QED) is 0.335. The molecule has 3 heterocycles. The average Bonchev–Trinajstić information content (AvgIpc) is 2.54. The van der Waals surface area contributed by atoms with E-state index in [-0.39, 0.29) is 17.0 Å². The van der Waals surface area contributed by atoms with Gasteiger partial charge in [0, 0.05) is 11.3 Å². The molecule has 0 aliphatic carbocycles. The molecule has 9 heteroatoms. The minimum Gasteiger partial charge on any atom is -0.543 e. The molecule has 3 aliphatic rings. The standard InChI is InChI=1S/C14H20N4O4S/c1-18(4-2-16(8-19)3-5-18)6-9-7-23-13-10(15)12(20)17(13)11(9)14(21)22/h8,10,13H,2-7,15H2,1H3. The van der Waals surface area contributed by atoms with E-state index in [0.717, 1.165) is 19.5 Å². The SMILES string of the molecule is C[N+]1(CC2=C(C(=O)[O-])N3C(=O)C(N)C3SC2)CCN(C=O)CC1. The van der Waals surface area contributed by atoms with Crippen LogP contribution in [-0.4, -0.2) is 89.5 Å². The maximum atomic E-state index is 11.9. The van der Waals surface area contributed by atoms with Crippen LogP contribution in [0.25, 0.3) is 0 Å². The fourth-order valence-electron chi connectivity index (χ4n) is 3.38. The van der Waals surface area contributed by atoms with E-state index in [4.69, 9.17) is 5.73 Å². The number of carbonyl (C=O) groups is 3. The molecule has 0 aromatic rings. The summed E-state index contributed by atoms with van der Waals surface area (Å²) in [6.07, 6.45) is 0.844. The number of hydrogen-bond acceptors (Lipinski definition) is 6. The number of nitrogens with two attached hydrogens (primary N) is 1. The fourth-order valence-corrected chi connectivity index (χ4v) is 4.66. The number of piperazine rings is 1. The first-order chi connectivity index (χ1) is 10.9. The summed E-state index contributed by atoms with van der Waals surface area (Å²) in [5, 5.41) is 11.3. The van der Waals surface area contributed by atoms with Gasteiger partial charge in [0.1, 0.15) is 18.0 Å². The Labute approximate surface area is 138 Å². The van der Waals surface area contributed by atoms with Crippen LogP contribution in [0.3, 0.4) is 0 Å². The molecule has 23 heavy (non-hydrogen) atoms. The van der Waals surface area contributed by atoms with Crippen molar-refractivity contribution in [3.8, 4) is 0 Å². The molecule has 2 N–H and O–H groups in total. The molecule has 2 atom stereocenters. The Bertz CT molecular complexity index is 585. The Morgan fingerprint density at radius 3 is 2.70 bits per heavy atom. The largest absolute Gasteiger partial charge is 0.543 e. The Kier molecular flexibility index (Phi) is 4.11. The van der Waals surface area contributed by atoms with Gasteiger partial charge in [0.2, 0.25) is 12.3 Å². The first-order valence-corrected chi connectivity index (χ1v) is 8.58. The summed E-state index contributed by atoms with van der Waals surface area (Å²) < 4.78 is 0.649. The fraction of sp³-hybridized carbons (Fsp3) is 0.643. The topological polar surface area (TPSA) is 107 Å². The molecule has 2 amide bonds. The molecular formula is C14H20N4O4S. The van der Waals surface area contributed by atoms with E-state index in [1.165, 1.54) is 16.7 Å². The number of amides is 2. The van der Waals surface area contributed by atoms with Crippen molar-refractivity contribution >= 4 is 30.0 Å².